The summed E-state index contributed by atoms with van der Waals surface area (Å²) >= 11 is 0. The van der Waals surface area contributed by atoms with E-state index in [-0.39, 0.29) is 40.9 Å². The van der Waals surface area contributed by atoms with Gasteiger partial charge in [-0.3, -0.25) is 14.4 Å². The van der Waals surface area contributed by atoms with Gasteiger partial charge in [0.1, 0.15) is 12.2 Å². The van der Waals surface area contributed by atoms with Gasteiger partial charge >= 0.3 is 17.9 Å². The maximum absolute atomic E-state index is 12.3. The molecular formula is C29H44O6. The monoisotopic (exact) mass is 488 g/mol. The second kappa shape index (κ2) is 9.89. The summed E-state index contributed by atoms with van der Waals surface area (Å²) in [5.41, 5.74) is 0.00916. The average Bonchev–Trinajstić information content (AvgIpc) is 3.16. The molecule has 0 aromatic heterocycles. The van der Waals surface area contributed by atoms with Crippen LogP contribution < -0.4 is 0 Å². The van der Waals surface area contributed by atoms with Crippen LogP contribution in [-0.4, -0.2) is 37.2 Å². The van der Waals surface area contributed by atoms with Crippen molar-refractivity contribution in [2.24, 2.45) is 46.3 Å². The molecule has 4 aliphatic rings. The zero-order valence-electron chi connectivity index (χ0n) is 22.4. The Kier molecular flexibility index (Phi) is 7.41. The molecule has 6 heteroatoms. The Bertz CT molecular complexity index is 865. The summed E-state index contributed by atoms with van der Waals surface area (Å²) in [5.74, 6) is 1.95. The van der Waals surface area contributed by atoms with Crippen molar-refractivity contribution in [2.45, 2.75) is 98.2 Å². The lowest BCUT2D eigenvalue weighted by atomic mass is 9.45. The topological polar surface area (TPSA) is 78.9 Å². The maximum atomic E-state index is 12.3. The third kappa shape index (κ3) is 4.67. The number of allylic oxidation sites excluding steroid dienone is 2. The number of rotatable bonds is 6. The van der Waals surface area contributed by atoms with Crippen LogP contribution in [0.5, 0.6) is 0 Å². The fourth-order valence-electron chi connectivity index (χ4n) is 8.85. The Morgan fingerprint density at radius 3 is 2.34 bits per heavy atom. The first-order chi connectivity index (χ1) is 16.5. The fraction of sp³-hybridized carbons (Fsp3) is 0.828. The lowest BCUT2D eigenvalue weighted by Gasteiger charge is -2.61. The highest BCUT2D eigenvalue weighted by atomic mass is 16.5. The van der Waals surface area contributed by atoms with Gasteiger partial charge in [0.15, 0.2) is 0 Å². The van der Waals surface area contributed by atoms with Crippen molar-refractivity contribution >= 4 is 17.9 Å². The van der Waals surface area contributed by atoms with Crippen molar-refractivity contribution in [1.82, 2.24) is 0 Å². The van der Waals surface area contributed by atoms with Crippen LogP contribution in [-0.2, 0) is 28.6 Å². The molecule has 0 saturated heterocycles. The van der Waals surface area contributed by atoms with Gasteiger partial charge in [0.2, 0.25) is 0 Å². The quantitative estimate of drug-likeness (QED) is 0.280. The zero-order chi connectivity index (χ0) is 25.5. The number of ether oxygens (including phenoxy) is 3. The Balaban J connectivity index is 1.61. The van der Waals surface area contributed by atoms with E-state index in [1.807, 2.05) is 0 Å². The molecule has 0 radical (unpaired) electrons. The molecule has 0 amide bonds. The third-order valence-electron chi connectivity index (χ3n) is 10.6. The molecule has 35 heavy (non-hydrogen) atoms. The van der Waals surface area contributed by atoms with Gasteiger partial charge < -0.3 is 14.2 Å². The maximum Gasteiger partial charge on any atom is 0.305 e. The summed E-state index contributed by atoms with van der Waals surface area (Å²) in [5, 5.41) is 0. The molecule has 0 spiro atoms. The van der Waals surface area contributed by atoms with Crippen molar-refractivity contribution in [3.8, 4) is 0 Å². The summed E-state index contributed by atoms with van der Waals surface area (Å²) in [7, 11) is 1.45. The Labute approximate surface area is 210 Å². The van der Waals surface area contributed by atoms with E-state index in [0.717, 1.165) is 44.9 Å². The number of carbonyl (C=O) groups is 3. The van der Waals surface area contributed by atoms with Gasteiger partial charge in [0.05, 0.1) is 7.11 Å². The average molecular weight is 489 g/mol. The van der Waals surface area contributed by atoms with Crippen molar-refractivity contribution in [2.75, 3.05) is 7.11 Å². The number of fused-ring (bicyclic) bond motifs is 5. The predicted octanol–water partition coefficient (Wildman–Crippen LogP) is 5.48. The minimum absolute atomic E-state index is 0.00332. The van der Waals surface area contributed by atoms with E-state index in [2.05, 4.69) is 32.9 Å². The van der Waals surface area contributed by atoms with Crippen LogP contribution in [0.2, 0.25) is 0 Å². The van der Waals surface area contributed by atoms with Crippen LogP contribution >= 0.6 is 0 Å². The molecule has 196 valence electrons. The molecule has 0 unspecified atom stereocenters. The molecule has 3 fully saturated rings. The van der Waals surface area contributed by atoms with E-state index in [4.69, 9.17) is 14.2 Å². The van der Waals surface area contributed by atoms with Crippen LogP contribution in [0.3, 0.4) is 0 Å². The molecule has 4 aliphatic carbocycles. The Morgan fingerprint density at radius 2 is 1.69 bits per heavy atom. The van der Waals surface area contributed by atoms with E-state index in [0.29, 0.717) is 41.9 Å². The van der Waals surface area contributed by atoms with Crippen LogP contribution in [0.1, 0.15) is 86.0 Å². The molecule has 6 nitrogen and oxygen atoms in total. The molecule has 0 aromatic rings. The lowest BCUT2D eigenvalue weighted by Crippen LogP contribution is -2.58. The predicted molar refractivity (Wildman–Crippen MR) is 132 cm³/mol. The molecule has 4 rings (SSSR count). The van der Waals surface area contributed by atoms with Gasteiger partial charge in [-0.1, -0.05) is 32.9 Å². The van der Waals surface area contributed by atoms with Gasteiger partial charge in [-0.2, -0.15) is 0 Å². The van der Waals surface area contributed by atoms with Crippen molar-refractivity contribution in [1.29, 1.82) is 0 Å². The van der Waals surface area contributed by atoms with Gasteiger partial charge in [0, 0.05) is 25.7 Å². The molecule has 0 N–H and O–H groups in total. The molecule has 0 aromatic carbocycles. The normalized spacial score (nSPS) is 42.7. The van der Waals surface area contributed by atoms with Gasteiger partial charge in [-0.15, -0.1) is 0 Å². The second-order valence-electron chi connectivity index (χ2n) is 12.3. The Hall–Kier alpha value is -1.85. The van der Waals surface area contributed by atoms with Gasteiger partial charge in [-0.25, -0.2) is 0 Å². The SMILES string of the molecule is COC(=O)CC[C@H](C)[C@@H]1CC[C@@H]2[C@@H]3C=C[C@@H]4C[C@H](OC(C)=O)CC[C@]4(C)[C@@H]3C[C@H](OC(C)=O)[C@@]21C. The first-order valence-electron chi connectivity index (χ1n) is 13.6. The second-order valence-corrected chi connectivity index (χ2v) is 12.3. The van der Waals surface area contributed by atoms with Gasteiger partial charge in [0.25, 0.3) is 0 Å². The summed E-state index contributed by atoms with van der Waals surface area (Å²) < 4.78 is 16.6. The molecule has 0 heterocycles. The van der Waals surface area contributed by atoms with Gasteiger partial charge in [-0.05, 0) is 85.9 Å². The standard InChI is InChI=1S/C29H44O6/c1-17(7-12-27(32)33-6)23-10-11-24-22-9-8-20-15-21(34-18(2)30)13-14-28(20,4)25(22)16-26(29(23,24)5)35-19(3)31/h8-9,17,20-26H,7,10-16H2,1-6H3/t17-,20+,21+,22-,23-,24+,25+,26-,28-,29+/m0/s1. The number of carbonyl (C=O) groups excluding carboxylic acids is 3. The highest BCUT2D eigenvalue weighted by molar-refractivity contribution is 5.69. The van der Waals surface area contributed by atoms with E-state index >= 15 is 0 Å². The summed E-state index contributed by atoms with van der Waals surface area (Å²) in [6.45, 7) is 10.1. The smallest absolute Gasteiger partial charge is 0.305 e. The van der Waals surface area contributed by atoms with Crippen molar-refractivity contribution in [3.05, 3.63) is 12.2 Å². The molecule has 0 bridgehead atoms. The lowest BCUT2D eigenvalue weighted by molar-refractivity contribution is -0.183. The number of esters is 3. The molecular weight excluding hydrogens is 444 g/mol. The molecule has 3 saturated carbocycles. The highest BCUT2D eigenvalue weighted by Gasteiger charge is 2.64. The largest absolute Gasteiger partial charge is 0.469 e. The number of methoxy groups -OCH3 is 1. The minimum atomic E-state index is -0.201. The third-order valence-corrected chi connectivity index (χ3v) is 10.6. The highest BCUT2D eigenvalue weighted by Crippen LogP contribution is 2.67. The minimum Gasteiger partial charge on any atom is -0.469 e. The molecule has 0 aliphatic heterocycles. The first kappa shape index (κ1) is 26.2. The summed E-state index contributed by atoms with van der Waals surface area (Å²) in [4.78, 5) is 35.7. The van der Waals surface area contributed by atoms with E-state index < -0.39 is 0 Å². The zero-order valence-corrected chi connectivity index (χ0v) is 22.4. The molecule has 10 atom stereocenters. The number of hydrogen-bond acceptors (Lipinski definition) is 6. The van der Waals surface area contributed by atoms with Crippen LogP contribution in [0.15, 0.2) is 12.2 Å². The summed E-state index contributed by atoms with van der Waals surface area (Å²) in [6.07, 6.45) is 11.9. The van der Waals surface area contributed by atoms with Crippen LogP contribution in [0.25, 0.3) is 0 Å². The van der Waals surface area contributed by atoms with E-state index in [1.165, 1.54) is 21.0 Å². The number of hydrogen-bond donors (Lipinski definition) is 0. The van der Waals surface area contributed by atoms with E-state index in [9.17, 15) is 14.4 Å². The van der Waals surface area contributed by atoms with Crippen LogP contribution in [0.4, 0.5) is 0 Å². The van der Waals surface area contributed by atoms with E-state index in [1.54, 1.807) is 0 Å². The first-order valence-corrected chi connectivity index (χ1v) is 13.6. The van der Waals surface area contributed by atoms with Crippen molar-refractivity contribution < 1.29 is 28.6 Å². The van der Waals surface area contributed by atoms with Crippen LogP contribution in [0, 0.1) is 46.3 Å². The summed E-state index contributed by atoms with van der Waals surface area (Å²) in [6, 6.07) is 0. The van der Waals surface area contributed by atoms with Crippen molar-refractivity contribution in [3.63, 3.8) is 0 Å². The Morgan fingerprint density at radius 1 is 0.971 bits per heavy atom. The fourth-order valence-corrected chi connectivity index (χ4v) is 8.85.